The SMILES string of the molecule is CNc1nccc(-c2cc3ccc(OCCCF)cc3s2)n1. The zero-order chi connectivity index (χ0) is 15.4. The van der Waals surface area contributed by atoms with Crippen LogP contribution in [0, 0.1) is 0 Å². The maximum Gasteiger partial charge on any atom is 0.222 e. The lowest BCUT2D eigenvalue weighted by molar-refractivity contribution is 0.290. The van der Waals surface area contributed by atoms with Crippen molar-refractivity contribution in [2.75, 3.05) is 25.6 Å². The van der Waals surface area contributed by atoms with Gasteiger partial charge in [0.25, 0.3) is 0 Å². The smallest absolute Gasteiger partial charge is 0.222 e. The number of anilines is 1. The molecule has 0 amide bonds. The minimum absolute atomic E-state index is 0.354. The molecule has 1 aromatic carbocycles. The van der Waals surface area contributed by atoms with Crippen LogP contribution in [0.25, 0.3) is 20.7 Å². The van der Waals surface area contributed by atoms with Gasteiger partial charge in [-0.15, -0.1) is 11.3 Å². The van der Waals surface area contributed by atoms with E-state index in [1.165, 1.54) is 0 Å². The van der Waals surface area contributed by atoms with E-state index in [1.54, 1.807) is 24.6 Å². The zero-order valence-corrected chi connectivity index (χ0v) is 13.0. The molecule has 0 saturated carbocycles. The van der Waals surface area contributed by atoms with Crippen LogP contribution in [0.3, 0.4) is 0 Å². The van der Waals surface area contributed by atoms with E-state index in [2.05, 4.69) is 21.4 Å². The highest BCUT2D eigenvalue weighted by Crippen LogP contribution is 2.34. The summed E-state index contributed by atoms with van der Waals surface area (Å²) in [6, 6.07) is 9.91. The van der Waals surface area contributed by atoms with Gasteiger partial charge in [0.05, 0.1) is 23.9 Å². The van der Waals surface area contributed by atoms with Crippen LogP contribution in [0.2, 0.25) is 0 Å². The first-order chi connectivity index (χ1) is 10.8. The molecule has 0 bridgehead atoms. The van der Waals surface area contributed by atoms with Crippen LogP contribution in [0.15, 0.2) is 36.5 Å². The Labute approximate surface area is 132 Å². The van der Waals surface area contributed by atoms with Crippen molar-refractivity contribution >= 4 is 27.4 Å². The second kappa shape index (κ2) is 6.70. The topological polar surface area (TPSA) is 47.0 Å². The molecule has 0 fully saturated rings. The molecule has 22 heavy (non-hydrogen) atoms. The monoisotopic (exact) mass is 317 g/mol. The molecule has 4 nitrogen and oxygen atoms in total. The number of hydrogen-bond donors (Lipinski definition) is 1. The molecule has 3 aromatic rings. The van der Waals surface area contributed by atoms with Crippen molar-refractivity contribution in [1.29, 1.82) is 0 Å². The number of ether oxygens (including phenoxy) is 1. The number of thiophene rings is 1. The minimum atomic E-state index is -0.354. The van der Waals surface area contributed by atoms with Crippen LogP contribution in [0.5, 0.6) is 5.75 Å². The maximum absolute atomic E-state index is 12.1. The second-order valence-electron chi connectivity index (χ2n) is 4.72. The summed E-state index contributed by atoms with van der Waals surface area (Å²) in [5.74, 6) is 1.37. The van der Waals surface area contributed by atoms with E-state index >= 15 is 0 Å². The molecule has 0 aliphatic heterocycles. The molecule has 0 atom stereocenters. The molecule has 0 radical (unpaired) electrons. The molecule has 0 aliphatic carbocycles. The van der Waals surface area contributed by atoms with Gasteiger partial charge in [0.15, 0.2) is 0 Å². The van der Waals surface area contributed by atoms with Gasteiger partial charge in [-0.05, 0) is 35.7 Å². The van der Waals surface area contributed by atoms with E-state index in [-0.39, 0.29) is 6.67 Å². The fourth-order valence-corrected chi connectivity index (χ4v) is 3.15. The lowest BCUT2D eigenvalue weighted by Gasteiger charge is -2.03. The van der Waals surface area contributed by atoms with Crippen LogP contribution in [0.1, 0.15) is 6.42 Å². The minimum Gasteiger partial charge on any atom is -0.493 e. The van der Waals surface area contributed by atoms with Gasteiger partial charge in [-0.2, -0.15) is 0 Å². The molecule has 0 unspecified atom stereocenters. The highest BCUT2D eigenvalue weighted by atomic mass is 32.1. The van der Waals surface area contributed by atoms with Gasteiger partial charge in [0, 0.05) is 24.4 Å². The van der Waals surface area contributed by atoms with Crippen LogP contribution < -0.4 is 10.1 Å². The Morgan fingerprint density at radius 1 is 1.27 bits per heavy atom. The van der Waals surface area contributed by atoms with Crippen LogP contribution in [0.4, 0.5) is 10.3 Å². The molecule has 114 valence electrons. The van der Waals surface area contributed by atoms with Crippen molar-refractivity contribution in [3.63, 3.8) is 0 Å². The van der Waals surface area contributed by atoms with E-state index in [0.29, 0.717) is 19.0 Å². The number of nitrogens with zero attached hydrogens (tertiary/aromatic N) is 2. The number of aromatic nitrogens is 2. The van der Waals surface area contributed by atoms with Gasteiger partial charge in [-0.1, -0.05) is 0 Å². The normalized spacial score (nSPS) is 10.8. The van der Waals surface area contributed by atoms with E-state index in [9.17, 15) is 4.39 Å². The average Bonchev–Trinajstić information content (AvgIpc) is 2.98. The largest absolute Gasteiger partial charge is 0.493 e. The maximum atomic E-state index is 12.1. The lowest BCUT2D eigenvalue weighted by atomic mass is 10.2. The molecular formula is C16H16FN3OS. The Balaban J connectivity index is 1.88. The molecule has 0 saturated heterocycles. The number of halogens is 1. The molecule has 0 aliphatic rings. The summed E-state index contributed by atoms with van der Waals surface area (Å²) in [4.78, 5) is 9.66. The molecule has 2 heterocycles. The number of nitrogens with one attached hydrogen (secondary N) is 1. The van der Waals surface area contributed by atoms with Crippen molar-refractivity contribution in [2.45, 2.75) is 6.42 Å². The highest BCUT2D eigenvalue weighted by Gasteiger charge is 2.08. The molecular weight excluding hydrogens is 301 g/mol. The Kier molecular flexibility index (Phi) is 4.48. The molecule has 1 N–H and O–H groups in total. The predicted molar refractivity (Wildman–Crippen MR) is 88.5 cm³/mol. The number of fused-ring (bicyclic) bond motifs is 1. The van der Waals surface area contributed by atoms with E-state index in [4.69, 9.17) is 4.74 Å². The van der Waals surface area contributed by atoms with Crippen LogP contribution in [-0.4, -0.2) is 30.3 Å². The van der Waals surface area contributed by atoms with Crippen molar-refractivity contribution in [3.8, 4) is 16.3 Å². The third-order valence-electron chi connectivity index (χ3n) is 3.17. The second-order valence-corrected chi connectivity index (χ2v) is 5.80. The standard InChI is InChI=1S/C16H16FN3OS/c1-18-16-19-7-5-13(20-16)15-9-11-3-4-12(10-14(11)22-15)21-8-2-6-17/h3-5,7,9-10H,2,6,8H2,1H3,(H,18,19,20). The van der Waals surface area contributed by atoms with Gasteiger partial charge >= 0.3 is 0 Å². The van der Waals surface area contributed by atoms with Gasteiger partial charge in [-0.25, -0.2) is 9.97 Å². The summed E-state index contributed by atoms with van der Waals surface area (Å²) in [7, 11) is 1.80. The van der Waals surface area contributed by atoms with Crippen molar-refractivity contribution in [1.82, 2.24) is 9.97 Å². The summed E-state index contributed by atoms with van der Waals surface area (Å²) in [5.41, 5.74) is 0.889. The third kappa shape index (κ3) is 3.17. The van der Waals surface area contributed by atoms with Crippen molar-refractivity contribution in [2.24, 2.45) is 0 Å². The van der Waals surface area contributed by atoms with Gasteiger partial charge < -0.3 is 10.1 Å². The number of benzene rings is 1. The third-order valence-corrected chi connectivity index (χ3v) is 4.29. The Hall–Kier alpha value is -2.21. The predicted octanol–water partition coefficient (Wildman–Crippen LogP) is 4.14. The number of alkyl halides is 1. The Morgan fingerprint density at radius 3 is 3.00 bits per heavy atom. The van der Waals surface area contributed by atoms with E-state index in [1.807, 2.05) is 24.3 Å². The number of hydrogen-bond acceptors (Lipinski definition) is 5. The highest BCUT2D eigenvalue weighted by molar-refractivity contribution is 7.22. The molecule has 6 heteroatoms. The van der Waals surface area contributed by atoms with Crippen LogP contribution in [-0.2, 0) is 0 Å². The van der Waals surface area contributed by atoms with Gasteiger partial charge in [0.2, 0.25) is 5.95 Å². The first-order valence-electron chi connectivity index (χ1n) is 7.03. The van der Waals surface area contributed by atoms with E-state index < -0.39 is 0 Å². The summed E-state index contributed by atoms with van der Waals surface area (Å²) in [6.07, 6.45) is 2.16. The van der Waals surface area contributed by atoms with Crippen molar-refractivity contribution < 1.29 is 9.13 Å². The van der Waals surface area contributed by atoms with Gasteiger partial charge in [-0.3, -0.25) is 4.39 Å². The molecule has 0 spiro atoms. The Morgan fingerprint density at radius 2 is 2.18 bits per heavy atom. The molecule has 3 rings (SSSR count). The zero-order valence-electron chi connectivity index (χ0n) is 12.2. The van der Waals surface area contributed by atoms with Gasteiger partial charge in [0.1, 0.15) is 5.75 Å². The fourth-order valence-electron chi connectivity index (χ4n) is 2.09. The average molecular weight is 317 g/mol. The first kappa shape index (κ1) is 14.7. The molecule has 2 aromatic heterocycles. The summed E-state index contributed by atoms with van der Waals surface area (Å²) in [6.45, 7) is 0.0462. The van der Waals surface area contributed by atoms with E-state index in [0.717, 1.165) is 26.4 Å². The fraction of sp³-hybridized carbons (Fsp3) is 0.250. The lowest BCUT2D eigenvalue weighted by Crippen LogP contribution is -1.97. The Bertz CT molecular complexity index is 775. The summed E-state index contributed by atoms with van der Waals surface area (Å²) >= 11 is 1.65. The summed E-state index contributed by atoms with van der Waals surface area (Å²) < 4.78 is 18.8. The van der Waals surface area contributed by atoms with Crippen LogP contribution >= 0.6 is 11.3 Å². The first-order valence-corrected chi connectivity index (χ1v) is 7.85. The summed E-state index contributed by atoms with van der Waals surface area (Å²) in [5, 5.41) is 4.08. The number of rotatable bonds is 6. The quantitative estimate of drug-likeness (QED) is 0.694. The van der Waals surface area contributed by atoms with Crippen molar-refractivity contribution in [3.05, 3.63) is 36.5 Å².